The summed E-state index contributed by atoms with van der Waals surface area (Å²) in [5.41, 5.74) is 0.982. The summed E-state index contributed by atoms with van der Waals surface area (Å²) in [4.78, 5) is 5.93. The largest absolute Gasteiger partial charge is 0.373 e. The van der Waals surface area contributed by atoms with Crippen LogP contribution in [0.5, 0.6) is 0 Å². The van der Waals surface area contributed by atoms with Gasteiger partial charge in [-0.2, -0.15) is 10.5 Å². The number of nitriles is 2. The van der Waals surface area contributed by atoms with Gasteiger partial charge in [0, 0.05) is 25.4 Å². The van der Waals surface area contributed by atoms with Crippen LogP contribution in [0.1, 0.15) is 5.56 Å². The van der Waals surface area contributed by atoms with E-state index in [1.165, 1.54) is 0 Å². The molecule has 0 bridgehead atoms. The zero-order valence-electron chi connectivity index (χ0n) is 9.14. The molecular formula is C11H13N5. The second kappa shape index (κ2) is 6.39. The summed E-state index contributed by atoms with van der Waals surface area (Å²) in [6.45, 7) is 1.03. The summed E-state index contributed by atoms with van der Waals surface area (Å²) in [7, 11) is 1.80. The molecule has 5 heteroatoms. The van der Waals surface area contributed by atoms with Gasteiger partial charge in [-0.1, -0.05) is 6.07 Å². The number of hydrogen-bond acceptors (Lipinski definition) is 5. The molecule has 82 valence electrons. The fourth-order valence-corrected chi connectivity index (χ4v) is 1.40. The van der Waals surface area contributed by atoms with Crippen molar-refractivity contribution in [1.82, 2.24) is 9.88 Å². The lowest BCUT2D eigenvalue weighted by atomic mass is 10.2. The number of rotatable bonds is 5. The van der Waals surface area contributed by atoms with Crippen molar-refractivity contribution in [1.29, 1.82) is 10.5 Å². The first-order chi connectivity index (χ1) is 7.81. The summed E-state index contributed by atoms with van der Waals surface area (Å²) >= 11 is 0. The minimum atomic E-state index is 0.242. The van der Waals surface area contributed by atoms with Crippen LogP contribution >= 0.6 is 0 Å². The Morgan fingerprint density at radius 2 is 2.06 bits per heavy atom. The maximum atomic E-state index is 8.64. The first-order valence-electron chi connectivity index (χ1n) is 4.89. The number of aromatic nitrogens is 1. The Bertz CT molecular complexity index is 399. The summed E-state index contributed by atoms with van der Waals surface area (Å²) < 4.78 is 0. The quantitative estimate of drug-likeness (QED) is 0.741. The zero-order chi connectivity index (χ0) is 11.8. The predicted octanol–water partition coefficient (Wildman–Crippen LogP) is 0.972. The molecule has 0 atom stereocenters. The van der Waals surface area contributed by atoms with E-state index in [0.717, 1.165) is 11.4 Å². The first kappa shape index (κ1) is 12.0. The smallest absolute Gasteiger partial charge is 0.130 e. The molecule has 1 heterocycles. The molecule has 0 fully saturated rings. The van der Waals surface area contributed by atoms with Crippen molar-refractivity contribution in [2.75, 3.05) is 25.5 Å². The van der Waals surface area contributed by atoms with Crippen LogP contribution in [0, 0.1) is 22.7 Å². The number of anilines is 1. The van der Waals surface area contributed by atoms with Crippen molar-refractivity contribution in [3.8, 4) is 12.1 Å². The van der Waals surface area contributed by atoms with Gasteiger partial charge in [-0.15, -0.1) is 0 Å². The van der Waals surface area contributed by atoms with Crippen LogP contribution in [-0.2, 0) is 6.54 Å². The highest BCUT2D eigenvalue weighted by molar-refractivity contribution is 5.42. The fourth-order valence-electron chi connectivity index (χ4n) is 1.40. The van der Waals surface area contributed by atoms with E-state index in [2.05, 4.69) is 10.3 Å². The molecule has 0 aromatic carbocycles. The molecule has 16 heavy (non-hydrogen) atoms. The Hall–Kier alpha value is -2.11. The Morgan fingerprint density at radius 3 is 2.62 bits per heavy atom. The summed E-state index contributed by atoms with van der Waals surface area (Å²) in [6, 6.07) is 7.86. The van der Waals surface area contributed by atoms with E-state index in [4.69, 9.17) is 10.5 Å². The topological polar surface area (TPSA) is 75.7 Å². The van der Waals surface area contributed by atoms with Gasteiger partial charge in [0.05, 0.1) is 25.2 Å². The Kier molecular flexibility index (Phi) is 4.78. The number of nitrogens with one attached hydrogen (secondary N) is 1. The molecule has 0 aliphatic heterocycles. The van der Waals surface area contributed by atoms with Crippen LogP contribution < -0.4 is 5.32 Å². The van der Waals surface area contributed by atoms with Crippen molar-refractivity contribution < 1.29 is 0 Å². The van der Waals surface area contributed by atoms with Crippen molar-refractivity contribution in [2.45, 2.75) is 6.54 Å². The second-order valence-corrected chi connectivity index (χ2v) is 3.22. The molecule has 1 aromatic rings. The van der Waals surface area contributed by atoms with Gasteiger partial charge in [-0.3, -0.25) is 4.90 Å². The third kappa shape index (κ3) is 3.23. The van der Waals surface area contributed by atoms with Crippen molar-refractivity contribution in [3.05, 3.63) is 23.9 Å². The maximum Gasteiger partial charge on any atom is 0.130 e. The molecule has 1 N–H and O–H groups in total. The van der Waals surface area contributed by atoms with Crippen LogP contribution in [-0.4, -0.2) is 30.0 Å². The van der Waals surface area contributed by atoms with E-state index in [9.17, 15) is 0 Å². The first-order valence-corrected chi connectivity index (χ1v) is 4.89. The molecule has 0 unspecified atom stereocenters. The highest BCUT2D eigenvalue weighted by atomic mass is 15.1. The lowest BCUT2D eigenvalue weighted by Crippen LogP contribution is -2.24. The summed E-state index contributed by atoms with van der Waals surface area (Å²) in [5, 5.41) is 20.3. The van der Waals surface area contributed by atoms with Gasteiger partial charge in [0.25, 0.3) is 0 Å². The summed E-state index contributed by atoms with van der Waals surface area (Å²) in [5.74, 6) is 0.781. The standard InChI is InChI=1S/C11H13N5/c1-14-11-10(3-2-6-15-11)9-16(7-4-12)8-5-13/h2-3,6H,7-9H2,1H3,(H,14,15). The van der Waals surface area contributed by atoms with Crippen LogP contribution in [0.3, 0.4) is 0 Å². The van der Waals surface area contributed by atoms with Crippen LogP contribution in [0.15, 0.2) is 18.3 Å². The number of hydrogen-bond donors (Lipinski definition) is 1. The Morgan fingerprint density at radius 1 is 1.38 bits per heavy atom. The Balaban J connectivity index is 2.77. The second-order valence-electron chi connectivity index (χ2n) is 3.22. The molecule has 0 saturated carbocycles. The van der Waals surface area contributed by atoms with Gasteiger partial charge in [0.1, 0.15) is 5.82 Å². The number of nitrogens with zero attached hydrogens (tertiary/aromatic N) is 4. The summed E-state index contributed by atoms with van der Waals surface area (Å²) in [6.07, 6.45) is 1.70. The van der Waals surface area contributed by atoms with Gasteiger partial charge < -0.3 is 5.32 Å². The van der Waals surface area contributed by atoms with E-state index < -0.39 is 0 Å². The molecular weight excluding hydrogens is 202 g/mol. The third-order valence-corrected chi connectivity index (χ3v) is 2.11. The van der Waals surface area contributed by atoms with Gasteiger partial charge in [0.2, 0.25) is 0 Å². The molecule has 0 amide bonds. The van der Waals surface area contributed by atoms with E-state index in [1.54, 1.807) is 18.1 Å². The fraction of sp³-hybridized carbons (Fsp3) is 0.364. The van der Waals surface area contributed by atoms with Crippen molar-refractivity contribution >= 4 is 5.82 Å². The molecule has 5 nitrogen and oxygen atoms in total. The lowest BCUT2D eigenvalue weighted by molar-refractivity contribution is 0.335. The van der Waals surface area contributed by atoms with Gasteiger partial charge >= 0.3 is 0 Å². The normalized spacial score (nSPS) is 9.50. The lowest BCUT2D eigenvalue weighted by Gasteiger charge is -2.16. The van der Waals surface area contributed by atoms with Gasteiger partial charge in [0.15, 0.2) is 0 Å². The molecule has 0 spiro atoms. The average Bonchev–Trinajstić information content (AvgIpc) is 2.30. The minimum Gasteiger partial charge on any atom is -0.373 e. The van der Waals surface area contributed by atoms with Crippen LogP contribution in [0.25, 0.3) is 0 Å². The van der Waals surface area contributed by atoms with E-state index in [-0.39, 0.29) is 13.1 Å². The number of pyridine rings is 1. The zero-order valence-corrected chi connectivity index (χ0v) is 9.14. The molecule has 1 aromatic heterocycles. The minimum absolute atomic E-state index is 0.242. The maximum absolute atomic E-state index is 8.64. The van der Waals surface area contributed by atoms with Crippen molar-refractivity contribution in [3.63, 3.8) is 0 Å². The molecule has 0 aliphatic carbocycles. The van der Waals surface area contributed by atoms with Crippen LogP contribution in [0.2, 0.25) is 0 Å². The van der Waals surface area contributed by atoms with E-state index in [0.29, 0.717) is 6.54 Å². The van der Waals surface area contributed by atoms with E-state index in [1.807, 2.05) is 24.3 Å². The van der Waals surface area contributed by atoms with Crippen molar-refractivity contribution in [2.24, 2.45) is 0 Å². The highest BCUT2D eigenvalue weighted by Crippen LogP contribution is 2.12. The van der Waals surface area contributed by atoms with Crippen LogP contribution in [0.4, 0.5) is 5.82 Å². The molecule has 1 rings (SSSR count). The predicted molar refractivity (Wildman–Crippen MR) is 60.3 cm³/mol. The molecule has 0 aliphatic rings. The molecule has 0 saturated heterocycles. The third-order valence-electron chi connectivity index (χ3n) is 2.11. The Labute approximate surface area is 94.9 Å². The average molecular weight is 215 g/mol. The van der Waals surface area contributed by atoms with Gasteiger partial charge in [-0.25, -0.2) is 4.98 Å². The van der Waals surface area contributed by atoms with Gasteiger partial charge in [-0.05, 0) is 6.07 Å². The van der Waals surface area contributed by atoms with E-state index >= 15 is 0 Å². The monoisotopic (exact) mass is 215 g/mol. The SMILES string of the molecule is CNc1ncccc1CN(CC#N)CC#N. The highest BCUT2D eigenvalue weighted by Gasteiger charge is 2.08. The molecule has 0 radical (unpaired) electrons.